The highest BCUT2D eigenvalue weighted by atomic mass is 79.9. The molecule has 0 unspecified atom stereocenters. The number of aromatic nitrogens is 1. The summed E-state index contributed by atoms with van der Waals surface area (Å²) in [6.45, 7) is 0. The molecular weight excluding hydrogens is 340 g/mol. The molecule has 5 heteroatoms. The van der Waals surface area contributed by atoms with E-state index in [1.807, 2.05) is 18.2 Å². The van der Waals surface area contributed by atoms with Crippen LogP contribution in [0.1, 0.15) is 15.9 Å². The molecule has 1 aromatic heterocycles. The fraction of sp³-hybridized carbons (Fsp3) is 0.0625. The zero-order valence-corrected chi connectivity index (χ0v) is 12.4. The average Bonchev–Trinajstić information content (AvgIpc) is 2.84. The highest BCUT2D eigenvalue weighted by Crippen LogP contribution is 2.24. The number of carbonyl (C=O) groups is 1. The molecular formula is C16H10BrF2NO. The third-order valence-corrected chi connectivity index (χ3v) is 3.80. The highest BCUT2D eigenvalue weighted by Gasteiger charge is 2.15. The maximum Gasteiger partial charge on any atom is 0.169 e. The van der Waals surface area contributed by atoms with Gasteiger partial charge in [-0.05, 0) is 23.8 Å². The summed E-state index contributed by atoms with van der Waals surface area (Å²) in [6.07, 6.45) is 1.51. The van der Waals surface area contributed by atoms with Crippen molar-refractivity contribution in [1.82, 2.24) is 4.98 Å². The minimum atomic E-state index is -0.703. The summed E-state index contributed by atoms with van der Waals surface area (Å²) in [4.78, 5) is 15.3. The molecule has 0 aliphatic heterocycles. The predicted octanol–water partition coefficient (Wildman–Crippen LogP) is 4.63. The highest BCUT2D eigenvalue weighted by molar-refractivity contribution is 9.10. The molecule has 0 aliphatic rings. The van der Waals surface area contributed by atoms with E-state index in [2.05, 4.69) is 20.9 Å². The largest absolute Gasteiger partial charge is 0.360 e. The first-order valence-corrected chi connectivity index (χ1v) is 7.07. The third kappa shape index (κ3) is 2.74. The monoisotopic (exact) mass is 349 g/mol. The second-order valence-electron chi connectivity index (χ2n) is 4.73. The number of benzene rings is 2. The van der Waals surface area contributed by atoms with Gasteiger partial charge in [-0.15, -0.1) is 0 Å². The summed E-state index contributed by atoms with van der Waals surface area (Å²) in [5.74, 6) is -1.57. The van der Waals surface area contributed by atoms with E-state index >= 15 is 0 Å². The van der Waals surface area contributed by atoms with Crippen LogP contribution in [0.3, 0.4) is 0 Å². The molecule has 2 nitrogen and oxygen atoms in total. The number of H-pyrrole nitrogens is 1. The molecule has 0 saturated heterocycles. The van der Waals surface area contributed by atoms with Crippen molar-refractivity contribution < 1.29 is 13.6 Å². The number of carbonyl (C=O) groups excluding carboxylic acids is 1. The van der Waals surface area contributed by atoms with Crippen LogP contribution in [0, 0.1) is 11.6 Å². The van der Waals surface area contributed by atoms with E-state index < -0.39 is 11.6 Å². The second-order valence-corrected chi connectivity index (χ2v) is 5.64. The zero-order chi connectivity index (χ0) is 15.0. The first kappa shape index (κ1) is 13.9. The van der Waals surface area contributed by atoms with Gasteiger partial charge in [-0.1, -0.05) is 28.1 Å². The summed E-state index contributed by atoms with van der Waals surface area (Å²) >= 11 is 3.36. The van der Waals surface area contributed by atoms with E-state index in [-0.39, 0.29) is 17.8 Å². The summed E-state index contributed by atoms with van der Waals surface area (Å²) in [5.41, 5.74) is 1.52. The number of halogens is 3. The molecule has 2 aromatic carbocycles. The summed E-state index contributed by atoms with van der Waals surface area (Å²) < 4.78 is 27.4. The maximum absolute atomic E-state index is 13.6. The molecule has 1 N–H and O–H groups in total. The summed E-state index contributed by atoms with van der Waals surface area (Å²) in [6, 6.07) is 8.77. The van der Waals surface area contributed by atoms with Crippen molar-refractivity contribution in [2.24, 2.45) is 0 Å². The number of aromatic amines is 1. The molecule has 3 aromatic rings. The first-order chi connectivity index (χ1) is 10.0. The van der Waals surface area contributed by atoms with Gasteiger partial charge in [0.2, 0.25) is 0 Å². The van der Waals surface area contributed by atoms with E-state index in [9.17, 15) is 13.6 Å². The fourth-order valence-corrected chi connectivity index (χ4v) is 2.62. The van der Waals surface area contributed by atoms with Gasteiger partial charge in [0, 0.05) is 39.6 Å². The van der Waals surface area contributed by atoms with Crippen molar-refractivity contribution in [3.8, 4) is 0 Å². The topological polar surface area (TPSA) is 32.9 Å². The molecule has 0 radical (unpaired) electrons. The van der Waals surface area contributed by atoms with Crippen LogP contribution in [-0.4, -0.2) is 10.8 Å². The minimum Gasteiger partial charge on any atom is -0.360 e. The van der Waals surface area contributed by atoms with Crippen molar-refractivity contribution in [1.29, 1.82) is 0 Å². The smallest absolute Gasteiger partial charge is 0.169 e. The Labute approximate surface area is 127 Å². The average molecular weight is 350 g/mol. The Kier molecular flexibility index (Phi) is 3.59. The molecule has 0 fully saturated rings. The number of fused-ring (bicyclic) bond motifs is 1. The standard InChI is InChI=1S/C16H10BrF2NO/c17-10-2-4-12-13(8-20-15(12)6-10)16(21)5-9-1-3-11(18)7-14(9)19/h1-4,6-8,20H,5H2. The molecule has 0 spiro atoms. The van der Waals surface area contributed by atoms with E-state index in [4.69, 9.17) is 0 Å². The lowest BCUT2D eigenvalue weighted by atomic mass is 10.0. The number of hydrogen-bond acceptors (Lipinski definition) is 1. The van der Waals surface area contributed by atoms with Gasteiger partial charge in [-0.2, -0.15) is 0 Å². The third-order valence-electron chi connectivity index (χ3n) is 3.31. The van der Waals surface area contributed by atoms with Crippen LogP contribution in [0.5, 0.6) is 0 Å². The Morgan fingerprint density at radius 2 is 1.95 bits per heavy atom. The van der Waals surface area contributed by atoms with Gasteiger partial charge in [-0.25, -0.2) is 8.78 Å². The van der Waals surface area contributed by atoms with Crippen LogP contribution in [0.4, 0.5) is 8.78 Å². The number of hydrogen-bond donors (Lipinski definition) is 1. The van der Waals surface area contributed by atoms with Crippen LogP contribution >= 0.6 is 15.9 Å². The summed E-state index contributed by atoms with van der Waals surface area (Å²) in [7, 11) is 0. The fourth-order valence-electron chi connectivity index (χ4n) is 2.26. The number of nitrogens with one attached hydrogen (secondary N) is 1. The van der Waals surface area contributed by atoms with Crippen LogP contribution in [0.2, 0.25) is 0 Å². The van der Waals surface area contributed by atoms with Crippen LogP contribution in [0.25, 0.3) is 10.9 Å². The Bertz CT molecular complexity index is 841. The molecule has 0 bridgehead atoms. The maximum atomic E-state index is 13.6. The molecule has 0 atom stereocenters. The van der Waals surface area contributed by atoms with Gasteiger partial charge in [-0.3, -0.25) is 4.79 Å². The van der Waals surface area contributed by atoms with E-state index in [1.54, 1.807) is 6.20 Å². The van der Waals surface area contributed by atoms with Crippen molar-refractivity contribution in [3.05, 3.63) is 69.8 Å². The molecule has 0 saturated carbocycles. The van der Waals surface area contributed by atoms with Crippen LogP contribution in [0.15, 0.2) is 47.1 Å². The molecule has 0 aliphatic carbocycles. The van der Waals surface area contributed by atoms with Gasteiger partial charge < -0.3 is 4.98 Å². The lowest BCUT2D eigenvalue weighted by Crippen LogP contribution is -2.05. The SMILES string of the molecule is O=C(Cc1ccc(F)cc1F)c1c[nH]c2cc(Br)ccc12. The molecule has 3 rings (SSSR count). The second kappa shape index (κ2) is 5.41. The molecule has 0 amide bonds. The molecule has 1 heterocycles. The molecule has 106 valence electrons. The minimum absolute atomic E-state index is 0.102. The summed E-state index contributed by atoms with van der Waals surface area (Å²) in [5, 5.41) is 0.783. The quantitative estimate of drug-likeness (QED) is 0.686. The van der Waals surface area contributed by atoms with Crippen LogP contribution in [-0.2, 0) is 6.42 Å². The Morgan fingerprint density at radius 3 is 2.71 bits per heavy atom. The van der Waals surface area contributed by atoms with Gasteiger partial charge in [0.25, 0.3) is 0 Å². The van der Waals surface area contributed by atoms with Crippen molar-refractivity contribution in [2.75, 3.05) is 0 Å². The predicted molar refractivity (Wildman–Crippen MR) is 80.4 cm³/mol. The van der Waals surface area contributed by atoms with Crippen molar-refractivity contribution in [2.45, 2.75) is 6.42 Å². The Morgan fingerprint density at radius 1 is 1.14 bits per heavy atom. The van der Waals surface area contributed by atoms with Crippen LogP contribution < -0.4 is 0 Å². The van der Waals surface area contributed by atoms with Gasteiger partial charge in [0.05, 0.1) is 0 Å². The number of ketones is 1. The van der Waals surface area contributed by atoms with Gasteiger partial charge >= 0.3 is 0 Å². The first-order valence-electron chi connectivity index (χ1n) is 6.28. The lowest BCUT2D eigenvalue weighted by molar-refractivity contribution is 0.0993. The van der Waals surface area contributed by atoms with Gasteiger partial charge in [0.1, 0.15) is 11.6 Å². The molecule has 21 heavy (non-hydrogen) atoms. The lowest BCUT2D eigenvalue weighted by Gasteiger charge is -2.02. The van der Waals surface area contributed by atoms with Gasteiger partial charge in [0.15, 0.2) is 5.78 Å². The van der Waals surface area contributed by atoms with E-state index in [1.165, 1.54) is 6.07 Å². The zero-order valence-electron chi connectivity index (χ0n) is 10.8. The Balaban J connectivity index is 1.94. The Hall–Kier alpha value is -2.01. The normalized spacial score (nSPS) is 11.0. The van der Waals surface area contributed by atoms with Crippen molar-refractivity contribution >= 4 is 32.6 Å². The van der Waals surface area contributed by atoms with E-state index in [0.29, 0.717) is 5.56 Å². The number of rotatable bonds is 3. The van der Waals surface area contributed by atoms with E-state index in [0.717, 1.165) is 27.5 Å². The number of Topliss-reactive ketones (excluding diaryl/α,β-unsaturated/α-hetero) is 1. The van der Waals surface area contributed by atoms with Crippen molar-refractivity contribution in [3.63, 3.8) is 0 Å².